The van der Waals surface area contributed by atoms with E-state index in [1.165, 1.54) is 12.4 Å². The number of nitrogens with zero attached hydrogens (tertiary/aromatic N) is 4. The lowest BCUT2D eigenvalue weighted by molar-refractivity contribution is -0.130. The van der Waals surface area contributed by atoms with E-state index in [9.17, 15) is 14.7 Å². The zero-order chi connectivity index (χ0) is 20.6. The molecule has 1 fully saturated rings. The molecule has 29 heavy (non-hydrogen) atoms. The topological polar surface area (TPSA) is 86.6 Å². The Hall–Kier alpha value is -2.96. The Balaban J connectivity index is 1.46. The van der Waals surface area contributed by atoms with E-state index in [1.807, 2.05) is 25.2 Å². The standard InChI is InChI=1S/C22H28N4O3/c1-25(14-10-18-6-2-3-11-24-18)21(28)8-7-17-5-4-13-26(16-17)22(29)19-9-12-23-15-20(19)27/h2-3,6,9,11-12,15,17,27H,4-5,7-8,10,13-14,16H2,1H3/t17-/m1/s1. The first-order valence-corrected chi connectivity index (χ1v) is 10.1. The van der Waals surface area contributed by atoms with Crippen LogP contribution < -0.4 is 0 Å². The van der Waals surface area contributed by atoms with Crippen molar-refractivity contribution in [2.45, 2.75) is 32.1 Å². The minimum Gasteiger partial charge on any atom is -0.505 e. The third-order valence-electron chi connectivity index (χ3n) is 5.46. The summed E-state index contributed by atoms with van der Waals surface area (Å²) in [6, 6.07) is 7.34. The molecule has 154 valence electrons. The molecule has 0 bridgehead atoms. The van der Waals surface area contributed by atoms with Gasteiger partial charge < -0.3 is 14.9 Å². The highest BCUT2D eigenvalue weighted by Crippen LogP contribution is 2.25. The third-order valence-corrected chi connectivity index (χ3v) is 5.46. The second kappa shape index (κ2) is 10.0. The molecule has 3 heterocycles. The Kier molecular flexibility index (Phi) is 7.16. The molecule has 1 aliphatic heterocycles. The Morgan fingerprint density at radius 2 is 2.14 bits per heavy atom. The molecule has 0 saturated carbocycles. The normalized spacial score (nSPS) is 16.4. The van der Waals surface area contributed by atoms with Crippen LogP contribution in [0.2, 0.25) is 0 Å². The first-order valence-electron chi connectivity index (χ1n) is 10.1. The molecule has 7 nitrogen and oxygen atoms in total. The minimum absolute atomic E-state index is 0.0932. The minimum atomic E-state index is -0.173. The summed E-state index contributed by atoms with van der Waals surface area (Å²) < 4.78 is 0. The fourth-order valence-electron chi connectivity index (χ4n) is 3.69. The highest BCUT2D eigenvalue weighted by atomic mass is 16.3. The SMILES string of the molecule is CN(CCc1ccccn1)C(=O)CC[C@H]1CCCN(C(=O)c2ccncc2O)C1. The highest BCUT2D eigenvalue weighted by molar-refractivity contribution is 5.96. The van der Waals surface area contributed by atoms with Gasteiger partial charge in [0.15, 0.2) is 0 Å². The average molecular weight is 396 g/mol. The molecule has 0 spiro atoms. The smallest absolute Gasteiger partial charge is 0.257 e. The molecule has 7 heteroatoms. The molecule has 0 unspecified atom stereocenters. The molecule has 1 N–H and O–H groups in total. The third kappa shape index (κ3) is 5.76. The molecule has 0 aliphatic carbocycles. The van der Waals surface area contributed by atoms with Crippen LogP contribution in [0.3, 0.4) is 0 Å². The van der Waals surface area contributed by atoms with Crippen LogP contribution in [0.25, 0.3) is 0 Å². The van der Waals surface area contributed by atoms with Gasteiger partial charge in [-0.25, -0.2) is 0 Å². The van der Waals surface area contributed by atoms with E-state index in [4.69, 9.17) is 0 Å². The Morgan fingerprint density at radius 1 is 1.28 bits per heavy atom. The van der Waals surface area contributed by atoms with Crippen LogP contribution >= 0.6 is 0 Å². The predicted molar refractivity (Wildman–Crippen MR) is 109 cm³/mol. The number of carbonyl (C=O) groups is 2. The lowest BCUT2D eigenvalue weighted by Gasteiger charge is -2.33. The van der Waals surface area contributed by atoms with Crippen LogP contribution in [0.4, 0.5) is 0 Å². The number of aromatic nitrogens is 2. The summed E-state index contributed by atoms with van der Waals surface area (Å²) in [4.78, 5) is 36.8. The summed E-state index contributed by atoms with van der Waals surface area (Å²) in [6.45, 7) is 1.94. The number of likely N-dealkylation sites (tertiary alicyclic amines) is 1. The summed E-state index contributed by atoms with van der Waals surface area (Å²) in [5.41, 5.74) is 1.26. The summed E-state index contributed by atoms with van der Waals surface area (Å²) in [5, 5.41) is 9.88. The van der Waals surface area contributed by atoms with E-state index < -0.39 is 0 Å². The fraction of sp³-hybridized carbons (Fsp3) is 0.455. The van der Waals surface area contributed by atoms with Gasteiger partial charge in [0, 0.05) is 57.6 Å². The van der Waals surface area contributed by atoms with Gasteiger partial charge >= 0.3 is 0 Å². The summed E-state index contributed by atoms with van der Waals surface area (Å²) in [7, 11) is 1.83. The molecule has 1 atom stereocenters. The number of hydrogen-bond acceptors (Lipinski definition) is 5. The van der Waals surface area contributed by atoms with E-state index in [-0.39, 0.29) is 23.1 Å². The maximum Gasteiger partial charge on any atom is 0.257 e. The molecule has 1 saturated heterocycles. The number of carbonyl (C=O) groups excluding carboxylic acids is 2. The number of amides is 2. The maximum atomic E-state index is 12.7. The van der Waals surface area contributed by atoms with Crippen LogP contribution in [0.1, 0.15) is 41.7 Å². The first-order chi connectivity index (χ1) is 14.0. The molecule has 2 amide bonds. The van der Waals surface area contributed by atoms with Gasteiger partial charge in [-0.15, -0.1) is 0 Å². The van der Waals surface area contributed by atoms with Gasteiger partial charge in [0.2, 0.25) is 5.91 Å². The summed E-state index contributed by atoms with van der Waals surface area (Å²) >= 11 is 0. The lowest BCUT2D eigenvalue weighted by Crippen LogP contribution is -2.40. The predicted octanol–water partition coefficient (Wildman–Crippen LogP) is 2.52. The van der Waals surface area contributed by atoms with E-state index in [2.05, 4.69) is 9.97 Å². The van der Waals surface area contributed by atoms with Gasteiger partial charge in [0.25, 0.3) is 5.91 Å². The molecule has 2 aromatic heterocycles. The summed E-state index contributed by atoms with van der Waals surface area (Å²) in [6.07, 6.45) is 8.46. The Labute approximate surface area is 171 Å². The van der Waals surface area contributed by atoms with Crippen molar-refractivity contribution in [3.8, 4) is 5.75 Å². The van der Waals surface area contributed by atoms with Crippen molar-refractivity contribution in [2.24, 2.45) is 5.92 Å². The van der Waals surface area contributed by atoms with E-state index in [0.29, 0.717) is 32.0 Å². The number of pyridine rings is 2. The lowest BCUT2D eigenvalue weighted by atomic mass is 9.92. The van der Waals surface area contributed by atoms with Crippen LogP contribution in [-0.4, -0.2) is 63.4 Å². The number of hydrogen-bond donors (Lipinski definition) is 1. The van der Waals surface area contributed by atoms with Crippen molar-refractivity contribution < 1.29 is 14.7 Å². The number of aromatic hydroxyl groups is 1. The van der Waals surface area contributed by atoms with Crippen molar-refractivity contribution in [3.05, 3.63) is 54.1 Å². The van der Waals surface area contributed by atoms with Gasteiger partial charge in [0.05, 0.1) is 11.8 Å². The van der Waals surface area contributed by atoms with Crippen molar-refractivity contribution in [1.29, 1.82) is 0 Å². The Morgan fingerprint density at radius 3 is 2.90 bits per heavy atom. The number of piperidine rings is 1. The highest BCUT2D eigenvalue weighted by Gasteiger charge is 2.26. The van der Waals surface area contributed by atoms with Crippen molar-refractivity contribution >= 4 is 11.8 Å². The number of likely N-dealkylation sites (N-methyl/N-ethyl adjacent to an activating group) is 1. The zero-order valence-electron chi connectivity index (χ0n) is 16.8. The first kappa shape index (κ1) is 20.8. The van der Waals surface area contributed by atoms with Crippen molar-refractivity contribution in [3.63, 3.8) is 0 Å². The van der Waals surface area contributed by atoms with Crippen molar-refractivity contribution in [2.75, 3.05) is 26.7 Å². The molecular formula is C22H28N4O3. The van der Waals surface area contributed by atoms with Gasteiger partial charge in [-0.05, 0) is 43.4 Å². The van der Waals surface area contributed by atoms with Crippen LogP contribution in [-0.2, 0) is 11.2 Å². The molecule has 0 radical (unpaired) electrons. The van der Waals surface area contributed by atoms with Crippen LogP contribution in [0.5, 0.6) is 5.75 Å². The average Bonchev–Trinajstić information content (AvgIpc) is 2.76. The molecule has 2 aromatic rings. The summed E-state index contributed by atoms with van der Waals surface area (Å²) in [5.74, 6) is 0.152. The van der Waals surface area contributed by atoms with Gasteiger partial charge in [0.1, 0.15) is 5.75 Å². The monoisotopic (exact) mass is 396 g/mol. The quantitative estimate of drug-likeness (QED) is 0.777. The zero-order valence-corrected chi connectivity index (χ0v) is 16.8. The number of rotatable bonds is 7. The van der Waals surface area contributed by atoms with E-state index in [0.717, 1.165) is 31.4 Å². The molecule has 0 aromatic carbocycles. The van der Waals surface area contributed by atoms with Crippen LogP contribution in [0.15, 0.2) is 42.9 Å². The van der Waals surface area contributed by atoms with Crippen molar-refractivity contribution in [1.82, 2.24) is 19.8 Å². The Bertz CT molecular complexity index is 828. The molecule has 1 aliphatic rings. The van der Waals surface area contributed by atoms with Gasteiger partial charge in [-0.2, -0.15) is 0 Å². The molecular weight excluding hydrogens is 368 g/mol. The van der Waals surface area contributed by atoms with Gasteiger partial charge in [-0.1, -0.05) is 6.07 Å². The van der Waals surface area contributed by atoms with Crippen LogP contribution in [0, 0.1) is 5.92 Å². The fourth-order valence-corrected chi connectivity index (χ4v) is 3.69. The van der Waals surface area contributed by atoms with Gasteiger partial charge in [-0.3, -0.25) is 19.6 Å². The van der Waals surface area contributed by atoms with E-state index in [1.54, 1.807) is 22.1 Å². The molecule has 3 rings (SSSR count). The largest absolute Gasteiger partial charge is 0.505 e. The maximum absolute atomic E-state index is 12.7. The second-order valence-electron chi connectivity index (χ2n) is 7.58. The second-order valence-corrected chi connectivity index (χ2v) is 7.58. The van der Waals surface area contributed by atoms with E-state index >= 15 is 0 Å².